The molecule has 0 bridgehead atoms. The Balaban J connectivity index is 2.62. The molecule has 0 aliphatic heterocycles. The van der Waals surface area contributed by atoms with Crippen LogP contribution < -0.4 is 5.73 Å². The predicted molar refractivity (Wildman–Crippen MR) is 70.5 cm³/mol. The van der Waals surface area contributed by atoms with Crippen LogP contribution in [0.1, 0.15) is 12.5 Å². The van der Waals surface area contributed by atoms with Gasteiger partial charge in [0, 0.05) is 15.6 Å². The summed E-state index contributed by atoms with van der Waals surface area (Å²) in [6.07, 6.45) is 0.820. The molecule has 1 heterocycles. The molecule has 1 aromatic heterocycles. The van der Waals surface area contributed by atoms with Crippen LogP contribution in [-0.2, 0) is 6.42 Å². The van der Waals surface area contributed by atoms with Gasteiger partial charge in [0.2, 0.25) is 0 Å². The van der Waals surface area contributed by atoms with E-state index >= 15 is 0 Å². The molecule has 1 aromatic carbocycles. The summed E-state index contributed by atoms with van der Waals surface area (Å²) >= 11 is 9.58. The third-order valence-corrected chi connectivity index (χ3v) is 3.27. The Morgan fingerprint density at radius 1 is 1.50 bits per heavy atom. The minimum atomic E-state index is 0.536. The molecule has 0 radical (unpaired) electrons. The summed E-state index contributed by atoms with van der Waals surface area (Å²) in [5.41, 5.74) is 8.59. The molecule has 16 heavy (non-hydrogen) atoms. The van der Waals surface area contributed by atoms with Crippen LogP contribution in [0.2, 0.25) is 5.02 Å². The average molecular weight is 301 g/mol. The van der Waals surface area contributed by atoms with Crippen molar-refractivity contribution in [1.29, 1.82) is 0 Å². The minimum absolute atomic E-state index is 0.536. The van der Waals surface area contributed by atoms with E-state index < -0.39 is 0 Å². The Kier molecular flexibility index (Phi) is 3.21. The SMILES string of the molecule is CCc1c(N)n[nH]c1-c1cc(Br)ccc1Cl. The first kappa shape index (κ1) is 11.5. The molecule has 0 saturated heterocycles. The lowest BCUT2D eigenvalue weighted by Crippen LogP contribution is -1.91. The number of nitrogens with one attached hydrogen (secondary N) is 1. The molecule has 0 saturated carbocycles. The summed E-state index contributed by atoms with van der Waals surface area (Å²) < 4.78 is 0.974. The van der Waals surface area contributed by atoms with Gasteiger partial charge in [-0.05, 0) is 24.6 Å². The van der Waals surface area contributed by atoms with Crippen molar-refractivity contribution in [3.63, 3.8) is 0 Å². The molecule has 0 atom stereocenters. The zero-order valence-electron chi connectivity index (χ0n) is 8.72. The molecule has 84 valence electrons. The molecule has 0 aliphatic carbocycles. The second kappa shape index (κ2) is 4.47. The largest absolute Gasteiger partial charge is 0.382 e. The zero-order valence-corrected chi connectivity index (χ0v) is 11.1. The molecule has 0 unspecified atom stereocenters. The average Bonchev–Trinajstić information content (AvgIpc) is 2.63. The van der Waals surface area contributed by atoms with Crippen LogP contribution in [0.4, 0.5) is 5.82 Å². The van der Waals surface area contributed by atoms with Gasteiger partial charge in [0.05, 0.1) is 10.7 Å². The van der Waals surface area contributed by atoms with Crippen LogP contribution in [0.25, 0.3) is 11.3 Å². The summed E-state index contributed by atoms with van der Waals surface area (Å²) in [4.78, 5) is 0. The lowest BCUT2D eigenvalue weighted by atomic mass is 10.1. The number of anilines is 1. The summed E-state index contributed by atoms with van der Waals surface area (Å²) in [5.74, 6) is 0.536. The first-order valence-electron chi connectivity index (χ1n) is 4.91. The fourth-order valence-electron chi connectivity index (χ4n) is 1.65. The summed E-state index contributed by atoms with van der Waals surface area (Å²) in [5, 5.41) is 7.62. The number of aromatic amines is 1. The number of nitrogens with two attached hydrogens (primary N) is 1. The van der Waals surface area contributed by atoms with Crippen LogP contribution in [0, 0.1) is 0 Å². The normalized spacial score (nSPS) is 10.7. The Morgan fingerprint density at radius 3 is 2.94 bits per heavy atom. The van der Waals surface area contributed by atoms with Gasteiger partial charge in [0.25, 0.3) is 0 Å². The number of H-pyrrole nitrogens is 1. The van der Waals surface area contributed by atoms with Crippen molar-refractivity contribution in [2.24, 2.45) is 0 Å². The van der Waals surface area contributed by atoms with Crippen LogP contribution >= 0.6 is 27.5 Å². The van der Waals surface area contributed by atoms with Gasteiger partial charge >= 0.3 is 0 Å². The quantitative estimate of drug-likeness (QED) is 0.889. The highest BCUT2D eigenvalue weighted by Gasteiger charge is 2.13. The van der Waals surface area contributed by atoms with E-state index in [-0.39, 0.29) is 0 Å². The Labute approximate surface area is 107 Å². The van der Waals surface area contributed by atoms with Crippen molar-refractivity contribution in [3.05, 3.63) is 33.3 Å². The van der Waals surface area contributed by atoms with E-state index in [1.165, 1.54) is 0 Å². The van der Waals surface area contributed by atoms with E-state index in [1.807, 2.05) is 25.1 Å². The summed E-state index contributed by atoms with van der Waals surface area (Å²) in [6, 6.07) is 5.70. The third-order valence-electron chi connectivity index (χ3n) is 2.45. The standard InChI is InChI=1S/C11H11BrClN3/c1-2-7-10(15-16-11(7)14)8-5-6(12)3-4-9(8)13/h3-5H,2H2,1H3,(H3,14,15,16). The van der Waals surface area contributed by atoms with E-state index in [2.05, 4.69) is 26.1 Å². The van der Waals surface area contributed by atoms with Crippen LogP contribution in [0.15, 0.2) is 22.7 Å². The van der Waals surface area contributed by atoms with Crippen molar-refractivity contribution >= 4 is 33.3 Å². The van der Waals surface area contributed by atoms with Crippen molar-refractivity contribution in [2.45, 2.75) is 13.3 Å². The number of nitrogens with zero attached hydrogens (tertiary/aromatic N) is 1. The van der Waals surface area contributed by atoms with Crippen molar-refractivity contribution in [3.8, 4) is 11.3 Å². The highest BCUT2D eigenvalue weighted by atomic mass is 79.9. The Bertz CT molecular complexity index is 522. The molecule has 0 amide bonds. The van der Waals surface area contributed by atoms with E-state index in [1.54, 1.807) is 0 Å². The van der Waals surface area contributed by atoms with Gasteiger partial charge in [-0.15, -0.1) is 0 Å². The number of hydrogen-bond donors (Lipinski definition) is 2. The van der Waals surface area contributed by atoms with Gasteiger partial charge < -0.3 is 5.73 Å². The molecule has 3 nitrogen and oxygen atoms in total. The zero-order chi connectivity index (χ0) is 11.7. The van der Waals surface area contributed by atoms with Gasteiger partial charge in [0.1, 0.15) is 5.82 Å². The van der Waals surface area contributed by atoms with Gasteiger partial charge in [-0.25, -0.2) is 0 Å². The topological polar surface area (TPSA) is 54.7 Å². The molecule has 0 aliphatic rings. The monoisotopic (exact) mass is 299 g/mol. The molecule has 0 spiro atoms. The van der Waals surface area contributed by atoms with Gasteiger partial charge in [-0.3, -0.25) is 5.10 Å². The fraction of sp³-hybridized carbons (Fsp3) is 0.182. The molecular formula is C11H11BrClN3. The maximum Gasteiger partial charge on any atom is 0.149 e. The second-order valence-electron chi connectivity index (χ2n) is 3.44. The molecular weight excluding hydrogens is 289 g/mol. The van der Waals surface area contributed by atoms with E-state index in [4.69, 9.17) is 17.3 Å². The predicted octanol–water partition coefficient (Wildman–Crippen LogP) is 3.64. The number of nitrogen functional groups attached to an aromatic ring is 1. The fourth-order valence-corrected chi connectivity index (χ4v) is 2.22. The third kappa shape index (κ3) is 1.95. The van der Waals surface area contributed by atoms with E-state index in [0.29, 0.717) is 10.8 Å². The van der Waals surface area contributed by atoms with Gasteiger partial charge in [-0.2, -0.15) is 5.10 Å². The van der Waals surface area contributed by atoms with Crippen LogP contribution in [0.5, 0.6) is 0 Å². The molecule has 0 fully saturated rings. The summed E-state index contributed by atoms with van der Waals surface area (Å²) in [7, 11) is 0. The van der Waals surface area contributed by atoms with Gasteiger partial charge in [-0.1, -0.05) is 34.5 Å². The highest BCUT2D eigenvalue weighted by molar-refractivity contribution is 9.10. The minimum Gasteiger partial charge on any atom is -0.382 e. The first-order valence-corrected chi connectivity index (χ1v) is 6.08. The number of aromatic nitrogens is 2. The van der Waals surface area contributed by atoms with Crippen LogP contribution in [0.3, 0.4) is 0 Å². The molecule has 2 aromatic rings. The lowest BCUT2D eigenvalue weighted by molar-refractivity contribution is 1.10. The Hall–Kier alpha value is -1.000. The second-order valence-corrected chi connectivity index (χ2v) is 4.76. The Morgan fingerprint density at radius 2 is 2.25 bits per heavy atom. The van der Waals surface area contributed by atoms with Crippen molar-refractivity contribution in [2.75, 3.05) is 5.73 Å². The summed E-state index contributed by atoms with van der Waals surface area (Å²) in [6.45, 7) is 2.04. The number of halogens is 2. The number of hydrogen-bond acceptors (Lipinski definition) is 2. The highest BCUT2D eigenvalue weighted by Crippen LogP contribution is 2.33. The van der Waals surface area contributed by atoms with Crippen LogP contribution in [-0.4, -0.2) is 10.2 Å². The number of benzene rings is 1. The molecule has 5 heteroatoms. The van der Waals surface area contributed by atoms with Crippen molar-refractivity contribution in [1.82, 2.24) is 10.2 Å². The lowest BCUT2D eigenvalue weighted by Gasteiger charge is -2.05. The van der Waals surface area contributed by atoms with Gasteiger partial charge in [0.15, 0.2) is 0 Å². The molecule has 3 N–H and O–H groups in total. The smallest absolute Gasteiger partial charge is 0.149 e. The number of rotatable bonds is 2. The maximum absolute atomic E-state index is 6.16. The molecule has 2 rings (SSSR count). The van der Waals surface area contributed by atoms with Crippen molar-refractivity contribution < 1.29 is 0 Å². The maximum atomic E-state index is 6.16. The van der Waals surface area contributed by atoms with E-state index in [9.17, 15) is 0 Å². The van der Waals surface area contributed by atoms with E-state index in [0.717, 1.165) is 27.7 Å². The first-order chi connectivity index (χ1) is 7.63.